The molecule has 72 valence electrons. The average Bonchev–Trinajstić information content (AvgIpc) is 2.13. The second-order valence-electron chi connectivity index (χ2n) is 2.86. The lowest BCUT2D eigenvalue weighted by Gasteiger charge is -2.06. The van der Waals surface area contributed by atoms with Gasteiger partial charge < -0.3 is 10.5 Å². The normalized spacial score (nSPS) is 10.4. The molecular weight excluding hydrogens is 169 g/mol. The predicted molar refractivity (Wildman–Crippen MR) is 49.9 cm³/mol. The maximum atomic E-state index is 13.5. The van der Waals surface area contributed by atoms with Gasteiger partial charge in [-0.15, -0.1) is 0 Å². The molecule has 13 heavy (non-hydrogen) atoms. The van der Waals surface area contributed by atoms with Crippen LogP contribution in [0.5, 0.6) is 0 Å². The first kappa shape index (κ1) is 10.2. The van der Waals surface area contributed by atoms with Gasteiger partial charge in [-0.25, -0.2) is 4.39 Å². The lowest BCUT2D eigenvalue weighted by Crippen LogP contribution is -2.06. The highest BCUT2D eigenvalue weighted by atomic mass is 19.1. The minimum absolute atomic E-state index is 0.185. The predicted octanol–water partition coefficient (Wildman–Crippen LogP) is 1.47. The number of benzene rings is 1. The topological polar surface area (TPSA) is 35.2 Å². The van der Waals surface area contributed by atoms with E-state index in [2.05, 4.69) is 0 Å². The number of hydrogen-bond acceptors (Lipinski definition) is 2. The zero-order valence-corrected chi connectivity index (χ0v) is 7.72. The first-order valence-corrected chi connectivity index (χ1v) is 4.25. The standard InChI is InChI=1S/C10H14FNO/c1-13-7-9-4-2-3-8(5-6-12)10(9)11/h2-4H,5-7,12H2,1H3. The third kappa shape index (κ3) is 2.50. The second kappa shape index (κ2) is 4.94. The molecule has 0 spiro atoms. The van der Waals surface area contributed by atoms with Crippen LogP contribution < -0.4 is 5.73 Å². The van der Waals surface area contributed by atoms with E-state index in [9.17, 15) is 4.39 Å². The van der Waals surface area contributed by atoms with Crippen LogP contribution in [0.3, 0.4) is 0 Å². The van der Waals surface area contributed by atoms with Crippen LogP contribution in [0.4, 0.5) is 4.39 Å². The van der Waals surface area contributed by atoms with Crippen LogP contribution in [0.25, 0.3) is 0 Å². The summed E-state index contributed by atoms with van der Waals surface area (Å²) in [7, 11) is 1.55. The Morgan fingerprint density at radius 2 is 2.08 bits per heavy atom. The molecule has 0 atom stereocenters. The SMILES string of the molecule is COCc1cccc(CCN)c1F. The fraction of sp³-hybridized carbons (Fsp3) is 0.400. The number of hydrogen-bond donors (Lipinski definition) is 1. The summed E-state index contributed by atoms with van der Waals surface area (Å²) in [5, 5.41) is 0. The molecule has 2 nitrogen and oxygen atoms in total. The van der Waals surface area contributed by atoms with Gasteiger partial charge in [-0.05, 0) is 18.5 Å². The van der Waals surface area contributed by atoms with Gasteiger partial charge in [-0.3, -0.25) is 0 Å². The van der Waals surface area contributed by atoms with Crippen LogP contribution in [0.2, 0.25) is 0 Å². The van der Waals surface area contributed by atoms with E-state index in [1.54, 1.807) is 19.2 Å². The molecule has 0 aliphatic heterocycles. The Labute approximate surface area is 77.5 Å². The van der Waals surface area contributed by atoms with Crippen LogP contribution in [0, 0.1) is 5.82 Å². The molecule has 0 saturated heterocycles. The quantitative estimate of drug-likeness (QED) is 0.767. The van der Waals surface area contributed by atoms with Crippen LogP contribution >= 0.6 is 0 Å². The van der Waals surface area contributed by atoms with Crippen molar-refractivity contribution in [1.82, 2.24) is 0 Å². The van der Waals surface area contributed by atoms with Gasteiger partial charge in [0.2, 0.25) is 0 Å². The summed E-state index contributed by atoms with van der Waals surface area (Å²) < 4.78 is 18.4. The summed E-state index contributed by atoms with van der Waals surface area (Å²) >= 11 is 0. The monoisotopic (exact) mass is 183 g/mol. The van der Waals surface area contributed by atoms with Gasteiger partial charge in [0.15, 0.2) is 0 Å². The Bertz CT molecular complexity index is 251. The number of halogens is 1. The fourth-order valence-corrected chi connectivity index (χ4v) is 1.25. The third-order valence-corrected chi connectivity index (χ3v) is 1.87. The van der Waals surface area contributed by atoms with E-state index >= 15 is 0 Å². The lowest BCUT2D eigenvalue weighted by molar-refractivity contribution is 0.181. The van der Waals surface area contributed by atoms with E-state index in [0.717, 1.165) is 0 Å². The molecule has 1 rings (SSSR count). The van der Waals surface area contributed by atoms with Crippen molar-refractivity contribution in [2.75, 3.05) is 13.7 Å². The van der Waals surface area contributed by atoms with Crippen molar-refractivity contribution < 1.29 is 9.13 Å². The van der Waals surface area contributed by atoms with E-state index in [0.29, 0.717) is 30.7 Å². The molecule has 0 radical (unpaired) electrons. The van der Waals surface area contributed by atoms with Gasteiger partial charge in [-0.2, -0.15) is 0 Å². The van der Waals surface area contributed by atoms with Gasteiger partial charge >= 0.3 is 0 Å². The zero-order chi connectivity index (χ0) is 9.68. The molecule has 3 heteroatoms. The molecule has 0 fully saturated rings. The molecule has 2 N–H and O–H groups in total. The highest BCUT2D eigenvalue weighted by Gasteiger charge is 2.06. The van der Waals surface area contributed by atoms with Gasteiger partial charge in [0, 0.05) is 12.7 Å². The highest BCUT2D eigenvalue weighted by Crippen LogP contribution is 2.13. The lowest BCUT2D eigenvalue weighted by atomic mass is 10.1. The summed E-state index contributed by atoms with van der Waals surface area (Å²) in [5.41, 5.74) is 6.61. The Morgan fingerprint density at radius 1 is 1.38 bits per heavy atom. The van der Waals surface area contributed by atoms with Gasteiger partial charge in [-0.1, -0.05) is 18.2 Å². The molecule has 0 heterocycles. The van der Waals surface area contributed by atoms with Crippen molar-refractivity contribution in [3.63, 3.8) is 0 Å². The summed E-state index contributed by atoms with van der Waals surface area (Å²) in [6.07, 6.45) is 0.573. The molecule has 0 aliphatic carbocycles. The minimum Gasteiger partial charge on any atom is -0.380 e. The fourth-order valence-electron chi connectivity index (χ4n) is 1.25. The number of ether oxygens (including phenoxy) is 1. The van der Waals surface area contributed by atoms with Crippen LogP contribution in [-0.2, 0) is 17.8 Å². The summed E-state index contributed by atoms with van der Waals surface area (Å²) in [4.78, 5) is 0. The Morgan fingerprint density at radius 3 is 2.69 bits per heavy atom. The summed E-state index contributed by atoms with van der Waals surface area (Å²) in [6, 6.07) is 5.29. The van der Waals surface area contributed by atoms with Crippen LogP contribution in [0.15, 0.2) is 18.2 Å². The van der Waals surface area contributed by atoms with Crippen molar-refractivity contribution in [2.24, 2.45) is 5.73 Å². The first-order chi connectivity index (χ1) is 6.29. The van der Waals surface area contributed by atoms with Gasteiger partial charge in [0.05, 0.1) is 6.61 Å². The summed E-state index contributed by atoms with van der Waals surface area (Å²) in [6.45, 7) is 0.775. The van der Waals surface area contributed by atoms with E-state index in [4.69, 9.17) is 10.5 Å². The highest BCUT2D eigenvalue weighted by molar-refractivity contribution is 5.25. The molecule has 0 amide bonds. The van der Waals surface area contributed by atoms with Crippen molar-refractivity contribution in [2.45, 2.75) is 13.0 Å². The third-order valence-electron chi connectivity index (χ3n) is 1.87. The molecule has 0 bridgehead atoms. The zero-order valence-electron chi connectivity index (χ0n) is 7.72. The average molecular weight is 183 g/mol. The van der Waals surface area contributed by atoms with Crippen molar-refractivity contribution in [3.8, 4) is 0 Å². The summed E-state index contributed by atoms with van der Waals surface area (Å²) in [5.74, 6) is -0.185. The Kier molecular flexibility index (Phi) is 3.86. The molecular formula is C10H14FNO. The van der Waals surface area contributed by atoms with Crippen molar-refractivity contribution in [3.05, 3.63) is 35.1 Å². The molecule has 0 saturated carbocycles. The second-order valence-corrected chi connectivity index (χ2v) is 2.86. The smallest absolute Gasteiger partial charge is 0.131 e. The van der Waals surface area contributed by atoms with E-state index in [-0.39, 0.29) is 5.82 Å². The van der Waals surface area contributed by atoms with Gasteiger partial charge in [0.1, 0.15) is 5.82 Å². The molecule has 1 aromatic rings. The maximum Gasteiger partial charge on any atom is 0.131 e. The van der Waals surface area contributed by atoms with Gasteiger partial charge in [0.25, 0.3) is 0 Å². The van der Waals surface area contributed by atoms with E-state index in [1.165, 1.54) is 0 Å². The van der Waals surface area contributed by atoms with Crippen molar-refractivity contribution >= 4 is 0 Å². The number of methoxy groups -OCH3 is 1. The Balaban J connectivity index is 2.89. The largest absolute Gasteiger partial charge is 0.380 e. The molecule has 0 unspecified atom stereocenters. The molecule has 0 aromatic heterocycles. The number of rotatable bonds is 4. The van der Waals surface area contributed by atoms with Crippen LogP contribution in [0.1, 0.15) is 11.1 Å². The minimum atomic E-state index is -0.185. The van der Waals surface area contributed by atoms with E-state index < -0.39 is 0 Å². The van der Waals surface area contributed by atoms with Crippen LogP contribution in [-0.4, -0.2) is 13.7 Å². The first-order valence-electron chi connectivity index (χ1n) is 4.25. The molecule has 1 aromatic carbocycles. The van der Waals surface area contributed by atoms with Crippen molar-refractivity contribution in [1.29, 1.82) is 0 Å². The maximum absolute atomic E-state index is 13.5. The molecule has 0 aliphatic rings. The Hall–Kier alpha value is -0.930. The van der Waals surface area contributed by atoms with E-state index in [1.807, 2.05) is 6.07 Å². The number of nitrogens with two attached hydrogens (primary N) is 1.